The van der Waals surface area contributed by atoms with Crippen LogP contribution in [0.3, 0.4) is 0 Å². The van der Waals surface area contributed by atoms with Gasteiger partial charge in [0.25, 0.3) is 5.91 Å². The Kier molecular flexibility index (Phi) is 5.58. The highest BCUT2D eigenvalue weighted by molar-refractivity contribution is 8.13. The number of aryl methyl sites for hydroxylation is 1. The lowest BCUT2D eigenvalue weighted by atomic mass is 9.89. The fourth-order valence-corrected chi connectivity index (χ4v) is 5.28. The molecule has 1 aromatic heterocycles. The quantitative estimate of drug-likeness (QED) is 0.661. The summed E-state index contributed by atoms with van der Waals surface area (Å²) in [5, 5.41) is 11.1. The van der Waals surface area contributed by atoms with Gasteiger partial charge in [-0.2, -0.15) is 5.11 Å². The third-order valence-corrected chi connectivity index (χ3v) is 7.02. The number of nitrogens with two attached hydrogens (primary N) is 1. The number of hydrogen-bond donors (Lipinski definition) is 2. The van der Waals surface area contributed by atoms with Crippen LogP contribution in [0.5, 0.6) is 0 Å². The molecule has 0 fully saturated rings. The van der Waals surface area contributed by atoms with Crippen LogP contribution >= 0.6 is 23.7 Å². The number of aromatic nitrogens is 1. The van der Waals surface area contributed by atoms with Crippen molar-refractivity contribution < 1.29 is 13.7 Å². The topological polar surface area (TPSA) is 118 Å². The number of anilines is 1. The third-order valence-electron chi connectivity index (χ3n) is 5.20. The van der Waals surface area contributed by atoms with E-state index in [9.17, 15) is 9.18 Å². The molecule has 2 aromatic rings. The first-order valence-corrected chi connectivity index (χ1v) is 11.2. The van der Waals surface area contributed by atoms with E-state index in [0.29, 0.717) is 39.9 Å². The van der Waals surface area contributed by atoms with Crippen LogP contribution in [-0.2, 0) is 5.54 Å². The molecule has 0 bridgehead atoms. The number of amides is 1. The first kappa shape index (κ1) is 20.9. The van der Waals surface area contributed by atoms with Crippen LogP contribution in [0.1, 0.15) is 52.9 Å². The van der Waals surface area contributed by atoms with E-state index in [0.717, 1.165) is 5.75 Å². The van der Waals surface area contributed by atoms with Gasteiger partial charge in [0, 0.05) is 29.0 Å². The molecule has 2 aliphatic rings. The Morgan fingerprint density at radius 1 is 1.43 bits per heavy atom. The molecule has 3 N–H and O–H groups in total. The minimum Gasteiger partial charge on any atom is -0.379 e. The van der Waals surface area contributed by atoms with Crippen molar-refractivity contribution in [1.29, 1.82) is 0 Å². The molecule has 8 nitrogen and oxygen atoms in total. The smallest absolute Gasteiger partial charge is 0.261 e. The SMILES string of the molecule is Cc1noc(C2SN=NC2C)c1C(=O)Nc1ccc(F)c(C2(C)CCSC(N)=N2)c1. The van der Waals surface area contributed by atoms with E-state index in [1.807, 2.05) is 13.8 Å². The van der Waals surface area contributed by atoms with Crippen LogP contribution in [0, 0.1) is 12.7 Å². The van der Waals surface area contributed by atoms with Gasteiger partial charge in [0.1, 0.15) is 16.6 Å². The van der Waals surface area contributed by atoms with Crippen LogP contribution in [-0.4, -0.2) is 28.0 Å². The van der Waals surface area contributed by atoms with Crippen LogP contribution in [0.4, 0.5) is 10.1 Å². The van der Waals surface area contributed by atoms with Crippen molar-refractivity contribution >= 4 is 40.5 Å². The van der Waals surface area contributed by atoms with Crippen molar-refractivity contribution in [3.05, 3.63) is 46.6 Å². The number of nitrogens with zero attached hydrogens (tertiary/aromatic N) is 4. The zero-order valence-corrected chi connectivity index (χ0v) is 18.3. The highest BCUT2D eigenvalue weighted by Gasteiger charge is 2.35. The minimum atomic E-state index is -0.780. The van der Waals surface area contributed by atoms with Crippen molar-refractivity contribution in [3.63, 3.8) is 0 Å². The van der Waals surface area contributed by atoms with Gasteiger partial charge < -0.3 is 15.6 Å². The molecule has 0 aliphatic carbocycles. The average Bonchev–Trinajstić information content (AvgIpc) is 3.28. The summed E-state index contributed by atoms with van der Waals surface area (Å²) >= 11 is 2.69. The van der Waals surface area contributed by atoms with Gasteiger partial charge in [-0.25, -0.2) is 4.39 Å². The largest absolute Gasteiger partial charge is 0.379 e. The minimum absolute atomic E-state index is 0.126. The van der Waals surface area contributed by atoms with Crippen LogP contribution < -0.4 is 11.1 Å². The highest BCUT2D eigenvalue weighted by Crippen LogP contribution is 2.42. The molecule has 3 heterocycles. The summed E-state index contributed by atoms with van der Waals surface area (Å²) in [5.41, 5.74) is 6.76. The number of hydrogen-bond acceptors (Lipinski definition) is 9. The summed E-state index contributed by atoms with van der Waals surface area (Å²) in [7, 11) is 0. The summed E-state index contributed by atoms with van der Waals surface area (Å²) < 4.78 is 24.0. The molecule has 158 valence electrons. The fourth-order valence-electron chi connectivity index (χ4n) is 3.52. The molecule has 1 amide bonds. The van der Waals surface area contributed by atoms with Crippen molar-refractivity contribution in [3.8, 4) is 0 Å². The van der Waals surface area contributed by atoms with Gasteiger partial charge in [0.05, 0.1) is 17.3 Å². The molecule has 3 unspecified atom stereocenters. The van der Waals surface area contributed by atoms with E-state index >= 15 is 0 Å². The van der Waals surface area contributed by atoms with E-state index in [4.69, 9.17) is 10.3 Å². The Balaban J connectivity index is 1.63. The number of halogens is 1. The van der Waals surface area contributed by atoms with Crippen LogP contribution in [0.15, 0.2) is 37.3 Å². The predicted octanol–water partition coefficient (Wildman–Crippen LogP) is 4.58. The molecule has 11 heteroatoms. The third kappa shape index (κ3) is 3.83. The predicted molar refractivity (Wildman–Crippen MR) is 116 cm³/mol. The van der Waals surface area contributed by atoms with Gasteiger partial charge in [0.15, 0.2) is 10.9 Å². The Morgan fingerprint density at radius 2 is 2.23 bits per heavy atom. The Bertz CT molecular complexity index is 1060. The number of aliphatic imine (C=N–C) groups is 1. The second kappa shape index (κ2) is 8.03. The van der Waals surface area contributed by atoms with Gasteiger partial charge in [-0.1, -0.05) is 16.9 Å². The normalized spacial score (nSPS) is 25.9. The van der Waals surface area contributed by atoms with Gasteiger partial charge in [-0.3, -0.25) is 9.79 Å². The van der Waals surface area contributed by atoms with Crippen molar-refractivity contribution in [1.82, 2.24) is 5.16 Å². The molecule has 3 atom stereocenters. The number of nitrogens with one attached hydrogen (secondary N) is 1. The lowest BCUT2D eigenvalue weighted by molar-refractivity contribution is 0.102. The molecular weight excluding hydrogens is 427 g/mol. The molecule has 2 aliphatic heterocycles. The monoisotopic (exact) mass is 448 g/mol. The van der Waals surface area contributed by atoms with E-state index in [1.54, 1.807) is 13.0 Å². The van der Waals surface area contributed by atoms with E-state index in [1.165, 1.54) is 35.8 Å². The molecule has 0 radical (unpaired) electrons. The molecular formula is C19H21FN6O2S2. The second-order valence-corrected chi connectivity index (χ2v) is 9.44. The van der Waals surface area contributed by atoms with Gasteiger partial charge in [0.2, 0.25) is 0 Å². The maximum absolute atomic E-state index is 14.6. The summed E-state index contributed by atoms with van der Waals surface area (Å²) in [6.07, 6.45) is 0.644. The van der Waals surface area contributed by atoms with Crippen molar-refractivity contribution in [2.24, 2.45) is 20.4 Å². The Hall–Kier alpha value is -2.40. The molecule has 4 rings (SSSR count). The summed E-state index contributed by atoms with van der Waals surface area (Å²) in [5.74, 6) is 0.412. The maximum Gasteiger partial charge on any atom is 0.261 e. The second-order valence-electron chi connectivity index (χ2n) is 7.44. The highest BCUT2D eigenvalue weighted by atomic mass is 32.2. The number of rotatable bonds is 4. The zero-order chi connectivity index (χ0) is 21.5. The molecule has 0 saturated heterocycles. The molecule has 1 aromatic carbocycles. The van der Waals surface area contributed by atoms with Crippen LogP contribution in [0.2, 0.25) is 0 Å². The lowest BCUT2D eigenvalue weighted by Gasteiger charge is -2.30. The molecule has 0 spiro atoms. The van der Waals surface area contributed by atoms with Crippen LogP contribution in [0.25, 0.3) is 0 Å². The number of carbonyl (C=O) groups is 1. The standard InChI is InChI=1S/C19H21FN6O2S2/c1-9-14(15(28-25-9)16-10(2)24-26-30-16)17(27)22-11-4-5-13(20)12(8-11)19(3)6-7-29-18(21)23-19/h4-5,8,10,16H,6-7H2,1-3H3,(H2,21,23)(H,22,27). The summed E-state index contributed by atoms with van der Waals surface area (Å²) in [6.45, 7) is 5.45. The number of thioether (sulfide) groups is 1. The Labute approximate surface area is 181 Å². The summed E-state index contributed by atoms with van der Waals surface area (Å²) in [4.78, 5) is 17.5. The Morgan fingerprint density at radius 3 is 2.93 bits per heavy atom. The molecule has 30 heavy (non-hydrogen) atoms. The first-order valence-electron chi connectivity index (χ1n) is 9.40. The summed E-state index contributed by atoms with van der Waals surface area (Å²) in [6, 6.07) is 4.33. The number of carbonyl (C=O) groups excluding carboxylic acids is 1. The number of amidine groups is 1. The van der Waals surface area contributed by atoms with Gasteiger partial charge in [-0.05, 0) is 45.4 Å². The van der Waals surface area contributed by atoms with E-state index in [2.05, 4.69) is 25.1 Å². The van der Waals surface area contributed by atoms with Gasteiger partial charge >= 0.3 is 0 Å². The van der Waals surface area contributed by atoms with Crippen molar-refractivity contribution in [2.45, 2.75) is 44.0 Å². The average molecular weight is 449 g/mol. The molecule has 0 saturated carbocycles. The maximum atomic E-state index is 14.6. The van der Waals surface area contributed by atoms with Gasteiger partial charge in [-0.15, -0.1) is 4.52 Å². The fraction of sp³-hybridized carbons (Fsp3) is 0.421. The van der Waals surface area contributed by atoms with E-state index < -0.39 is 5.54 Å². The van der Waals surface area contributed by atoms with E-state index in [-0.39, 0.29) is 23.0 Å². The number of benzene rings is 1. The zero-order valence-electron chi connectivity index (χ0n) is 16.7. The van der Waals surface area contributed by atoms with Crippen molar-refractivity contribution in [2.75, 3.05) is 11.1 Å². The first-order chi connectivity index (χ1) is 14.3. The lowest BCUT2D eigenvalue weighted by Crippen LogP contribution is -2.30.